The minimum absolute atomic E-state index is 0.552. The Labute approximate surface area is 123 Å². The molecule has 2 aromatic carbocycles. The molecule has 0 heterocycles. The number of nitrogens with zero attached hydrogens (tertiary/aromatic N) is 1. The second kappa shape index (κ2) is 6.53. The van der Waals surface area contributed by atoms with Gasteiger partial charge in [0.15, 0.2) is 0 Å². The first kappa shape index (κ1) is 14.5. The normalized spacial score (nSPS) is 9.76. The number of nitrogen functional groups attached to an aromatic ring is 1. The number of rotatable bonds is 5. The Morgan fingerprint density at radius 2 is 1.95 bits per heavy atom. The van der Waals surface area contributed by atoms with Gasteiger partial charge < -0.3 is 20.5 Å². The summed E-state index contributed by atoms with van der Waals surface area (Å²) >= 11 is 0. The van der Waals surface area contributed by atoms with E-state index in [2.05, 4.69) is 11.4 Å². The minimum Gasteiger partial charge on any atom is -0.497 e. The Hall–Kier alpha value is -2.87. The van der Waals surface area contributed by atoms with Crippen molar-refractivity contribution in [3.63, 3.8) is 0 Å². The van der Waals surface area contributed by atoms with Crippen molar-refractivity contribution in [2.75, 3.05) is 25.3 Å². The molecule has 108 valence electrons. The van der Waals surface area contributed by atoms with Gasteiger partial charge in [-0.1, -0.05) is 6.07 Å². The summed E-state index contributed by atoms with van der Waals surface area (Å²) in [6.45, 7) is 0.552. The molecule has 0 aliphatic heterocycles. The molecule has 0 saturated carbocycles. The predicted octanol–water partition coefficient (Wildman–Crippen LogP) is 2.77. The predicted molar refractivity (Wildman–Crippen MR) is 82.4 cm³/mol. The highest BCUT2D eigenvalue weighted by atomic mass is 16.5. The zero-order valence-corrected chi connectivity index (χ0v) is 12.0. The van der Waals surface area contributed by atoms with Gasteiger partial charge in [-0.25, -0.2) is 0 Å². The van der Waals surface area contributed by atoms with Crippen molar-refractivity contribution in [3.8, 4) is 17.6 Å². The van der Waals surface area contributed by atoms with E-state index in [1.807, 2.05) is 18.2 Å². The van der Waals surface area contributed by atoms with E-state index in [1.54, 1.807) is 32.4 Å². The maximum atomic E-state index is 9.12. The lowest BCUT2D eigenvalue weighted by molar-refractivity contribution is 0.415. The van der Waals surface area contributed by atoms with E-state index in [1.165, 1.54) is 0 Å². The van der Waals surface area contributed by atoms with E-state index >= 15 is 0 Å². The Morgan fingerprint density at radius 1 is 1.14 bits per heavy atom. The first-order chi connectivity index (χ1) is 10.2. The molecular formula is C16H17N3O2. The molecule has 3 N–H and O–H groups in total. The van der Waals surface area contributed by atoms with E-state index < -0.39 is 0 Å². The molecule has 0 bridgehead atoms. The van der Waals surface area contributed by atoms with Crippen LogP contribution in [0, 0.1) is 11.3 Å². The summed E-state index contributed by atoms with van der Waals surface area (Å²) in [7, 11) is 3.17. The van der Waals surface area contributed by atoms with Crippen LogP contribution < -0.4 is 20.5 Å². The number of nitriles is 1. The standard InChI is InChI=1S/C16H17N3O2/c1-20-13-5-4-12(9-17)15(8-13)19-10-11-3-6-16(21-2)14(18)7-11/h3-8,19H,10,18H2,1-2H3. The molecule has 0 spiro atoms. The van der Waals surface area contributed by atoms with Crippen molar-refractivity contribution in [2.45, 2.75) is 6.54 Å². The first-order valence-corrected chi connectivity index (χ1v) is 6.42. The molecular weight excluding hydrogens is 266 g/mol. The molecule has 0 amide bonds. The minimum atomic E-state index is 0.552. The van der Waals surface area contributed by atoms with Gasteiger partial charge in [-0.2, -0.15) is 5.26 Å². The van der Waals surface area contributed by atoms with Crippen molar-refractivity contribution >= 4 is 11.4 Å². The number of ether oxygens (including phenoxy) is 2. The molecule has 5 nitrogen and oxygen atoms in total. The van der Waals surface area contributed by atoms with E-state index in [9.17, 15) is 0 Å². The zero-order chi connectivity index (χ0) is 15.2. The maximum Gasteiger partial charge on any atom is 0.141 e. The second-order valence-electron chi connectivity index (χ2n) is 4.45. The van der Waals surface area contributed by atoms with Gasteiger partial charge in [-0.15, -0.1) is 0 Å². The fourth-order valence-electron chi connectivity index (χ4n) is 1.99. The smallest absolute Gasteiger partial charge is 0.141 e. The lowest BCUT2D eigenvalue weighted by atomic mass is 10.1. The van der Waals surface area contributed by atoms with Crippen LogP contribution in [0.5, 0.6) is 11.5 Å². The van der Waals surface area contributed by atoms with Crippen molar-refractivity contribution in [3.05, 3.63) is 47.5 Å². The van der Waals surface area contributed by atoms with Crippen LogP contribution in [-0.4, -0.2) is 14.2 Å². The van der Waals surface area contributed by atoms with Crippen LogP contribution in [-0.2, 0) is 6.54 Å². The fraction of sp³-hybridized carbons (Fsp3) is 0.188. The molecule has 0 atom stereocenters. The summed E-state index contributed by atoms with van der Waals surface area (Å²) in [6, 6.07) is 13.0. The van der Waals surface area contributed by atoms with Crippen LogP contribution >= 0.6 is 0 Å². The average molecular weight is 283 g/mol. The Kier molecular flexibility index (Phi) is 4.52. The number of anilines is 2. The van der Waals surface area contributed by atoms with E-state index in [0.29, 0.717) is 29.3 Å². The zero-order valence-electron chi connectivity index (χ0n) is 12.0. The highest BCUT2D eigenvalue weighted by molar-refractivity contribution is 5.61. The molecule has 0 radical (unpaired) electrons. The van der Waals surface area contributed by atoms with Crippen molar-refractivity contribution < 1.29 is 9.47 Å². The first-order valence-electron chi connectivity index (χ1n) is 6.42. The van der Waals surface area contributed by atoms with Gasteiger partial charge in [-0.05, 0) is 29.8 Å². The summed E-state index contributed by atoms with van der Waals surface area (Å²) in [4.78, 5) is 0. The molecule has 21 heavy (non-hydrogen) atoms. The molecule has 0 fully saturated rings. The van der Waals surface area contributed by atoms with Gasteiger partial charge >= 0.3 is 0 Å². The third-order valence-electron chi connectivity index (χ3n) is 3.12. The van der Waals surface area contributed by atoms with E-state index in [-0.39, 0.29) is 0 Å². The second-order valence-corrected chi connectivity index (χ2v) is 4.45. The third-order valence-corrected chi connectivity index (χ3v) is 3.12. The number of hydrogen-bond acceptors (Lipinski definition) is 5. The highest BCUT2D eigenvalue weighted by Gasteiger charge is 2.05. The van der Waals surface area contributed by atoms with Gasteiger partial charge in [0, 0.05) is 12.6 Å². The fourth-order valence-corrected chi connectivity index (χ4v) is 1.99. The van der Waals surface area contributed by atoms with Crippen molar-refractivity contribution in [2.24, 2.45) is 0 Å². The van der Waals surface area contributed by atoms with E-state index in [0.717, 1.165) is 11.3 Å². The van der Waals surface area contributed by atoms with Crippen LogP contribution in [0.4, 0.5) is 11.4 Å². The number of nitrogens with two attached hydrogens (primary N) is 1. The monoisotopic (exact) mass is 283 g/mol. The van der Waals surface area contributed by atoms with Gasteiger partial charge in [-0.3, -0.25) is 0 Å². The number of hydrogen-bond donors (Lipinski definition) is 2. The van der Waals surface area contributed by atoms with Crippen LogP contribution in [0.25, 0.3) is 0 Å². The molecule has 0 unspecified atom stereocenters. The summed E-state index contributed by atoms with van der Waals surface area (Å²) < 4.78 is 10.3. The van der Waals surface area contributed by atoms with Gasteiger partial charge in [0.1, 0.15) is 17.6 Å². The van der Waals surface area contributed by atoms with Gasteiger partial charge in [0.2, 0.25) is 0 Å². The summed E-state index contributed by atoms with van der Waals surface area (Å²) in [5.41, 5.74) is 8.76. The van der Waals surface area contributed by atoms with Crippen LogP contribution in [0.3, 0.4) is 0 Å². The third kappa shape index (κ3) is 3.37. The lowest BCUT2D eigenvalue weighted by Crippen LogP contribution is -2.03. The largest absolute Gasteiger partial charge is 0.497 e. The lowest BCUT2D eigenvalue weighted by Gasteiger charge is -2.11. The Bertz CT molecular complexity index is 678. The Morgan fingerprint density at radius 3 is 2.57 bits per heavy atom. The maximum absolute atomic E-state index is 9.12. The average Bonchev–Trinajstić information content (AvgIpc) is 2.52. The highest BCUT2D eigenvalue weighted by Crippen LogP contribution is 2.25. The van der Waals surface area contributed by atoms with Crippen LogP contribution in [0.15, 0.2) is 36.4 Å². The quantitative estimate of drug-likeness (QED) is 0.825. The molecule has 5 heteroatoms. The van der Waals surface area contributed by atoms with Crippen molar-refractivity contribution in [1.29, 1.82) is 5.26 Å². The number of methoxy groups -OCH3 is 2. The molecule has 0 aliphatic carbocycles. The van der Waals surface area contributed by atoms with Gasteiger partial charge in [0.05, 0.1) is 31.2 Å². The molecule has 2 aromatic rings. The molecule has 0 aromatic heterocycles. The van der Waals surface area contributed by atoms with Crippen LogP contribution in [0.1, 0.15) is 11.1 Å². The molecule has 0 aliphatic rings. The number of nitrogens with one attached hydrogen (secondary N) is 1. The number of benzene rings is 2. The Balaban J connectivity index is 2.16. The SMILES string of the molecule is COc1ccc(C#N)c(NCc2ccc(OC)c(N)c2)c1. The summed E-state index contributed by atoms with van der Waals surface area (Å²) in [6.07, 6.45) is 0. The molecule has 2 rings (SSSR count). The summed E-state index contributed by atoms with van der Waals surface area (Å²) in [5, 5.41) is 12.3. The van der Waals surface area contributed by atoms with Gasteiger partial charge in [0.25, 0.3) is 0 Å². The topological polar surface area (TPSA) is 80.3 Å². The molecule has 0 saturated heterocycles. The van der Waals surface area contributed by atoms with E-state index in [4.69, 9.17) is 20.5 Å². The van der Waals surface area contributed by atoms with Crippen molar-refractivity contribution in [1.82, 2.24) is 0 Å². The van der Waals surface area contributed by atoms with Crippen LogP contribution in [0.2, 0.25) is 0 Å². The summed E-state index contributed by atoms with van der Waals surface area (Å²) in [5.74, 6) is 1.35.